The third kappa shape index (κ3) is 3.07. The first-order valence-electron chi connectivity index (χ1n) is 9.40. The molecular weight excluding hydrogens is 342 g/mol. The lowest BCUT2D eigenvalue weighted by Crippen LogP contribution is -2.57. The molecule has 2 aromatic rings. The minimum atomic E-state index is -1.11. The number of carbonyl (C=O) groups is 2. The smallest absolute Gasteiger partial charge is 0.262 e. The average Bonchev–Trinajstić information content (AvgIpc) is 2.55. The van der Waals surface area contributed by atoms with Gasteiger partial charge in [0.15, 0.2) is 0 Å². The minimum absolute atomic E-state index is 0.202. The van der Waals surface area contributed by atoms with Crippen molar-refractivity contribution in [3.63, 3.8) is 0 Å². The largest absolute Gasteiger partial charge is 0.284 e. The summed E-state index contributed by atoms with van der Waals surface area (Å²) in [6, 6.07) is 3.95. The number of aromatic nitrogens is 2. The van der Waals surface area contributed by atoms with Crippen molar-refractivity contribution in [1.29, 1.82) is 0 Å². The van der Waals surface area contributed by atoms with Gasteiger partial charge in [0.1, 0.15) is 11.4 Å². The fourth-order valence-electron chi connectivity index (χ4n) is 4.15. The van der Waals surface area contributed by atoms with Gasteiger partial charge in [-0.2, -0.15) is 0 Å². The summed E-state index contributed by atoms with van der Waals surface area (Å²) in [6.45, 7) is 9.71. The molecule has 144 valence electrons. The molecule has 1 aliphatic heterocycles. The molecule has 2 amide bonds. The molecule has 0 saturated carbocycles. The standard InChI is InChI=1S/C21H27N3O3/c1-12(2)9-15-10-13(3)11-16-18(15)19(26)24(14(4)22-16)21(5)8-7-17(25)23(6)20(21)27/h10-12H,7-9H2,1-6H3. The molecular formula is C21H27N3O3. The maximum Gasteiger partial charge on any atom is 0.262 e. The van der Waals surface area contributed by atoms with Crippen molar-refractivity contribution in [2.24, 2.45) is 5.92 Å². The van der Waals surface area contributed by atoms with E-state index in [2.05, 4.69) is 18.8 Å². The summed E-state index contributed by atoms with van der Waals surface area (Å²) in [7, 11) is 1.48. The van der Waals surface area contributed by atoms with Crippen molar-refractivity contribution in [2.45, 2.75) is 59.4 Å². The molecule has 0 radical (unpaired) electrons. The van der Waals surface area contributed by atoms with Gasteiger partial charge in [0.25, 0.3) is 11.5 Å². The molecule has 1 aliphatic rings. The topological polar surface area (TPSA) is 72.3 Å². The van der Waals surface area contributed by atoms with E-state index < -0.39 is 5.54 Å². The monoisotopic (exact) mass is 369 g/mol. The number of nitrogens with zero attached hydrogens (tertiary/aromatic N) is 3. The van der Waals surface area contributed by atoms with Crippen LogP contribution in [0.15, 0.2) is 16.9 Å². The predicted molar refractivity (Wildman–Crippen MR) is 105 cm³/mol. The zero-order chi connectivity index (χ0) is 20.1. The molecule has 1 saturated heterocycles. The Bertz CT molecular complexity index is 1010. The third-order valence-corrected chi connectivity index (χ3v) is 5.45. The van der Waals surface area contributed by atoms with Crippen LogP contribution in [-0.2, 0) is 21.5 Å². The van der Waals surface area contributed by atoms with E-state index in [-0.39, 0.29) is 23.8 Å². The fraction of sp³-hybridized carbons (Fsp3) is 0.524. The number of piperidine rings is 1. The second-order valence-corrected chi connectivity index (χ2v) is 8.25. The Balaban J connectivity index is 2.32. The van der Waals surface area contributed by atoms with E-state index in [1.54, 1.807) is 13.8 Å². The molecule has 6 nitrogen and oxygen atoms in total. The van der Waals surface area contributed by atoms with Gasteiger partial charge in [-0.05, 0) is 56.7 Å². The van der Waals surface area contributed by atoms with Crippen LogP contribution in [0.2, 0.25) is 0 Å². The van der Waals surface area contributed by atoms with E-state index in [4.69, 9.17) is 0 Å². The van der Waals surface area contributed by atoms with Crippen LogP contribution in [0, 0.1) is 19.8 Å². The number of rotatable bonds is 3. The lowest BCUT2D eigenvalue weighted by atomic mass is 9.88. The van der Waals surface area contributed by atoms with Crippen molar-refractivity contribution < 1.29 is 9.59 Å². The molecule has 1 unspecified atom stereocenters. The molecule has 2 heterocycles. The summed E-state index contributed by atoms with van der Waals surface area (Å²) in [4.78, 5) is 44.2. The molecule has 0 N–H and O–H groups in total. The first kappa shape index (κ1) is 19.3. The predicted octanol–water partition coefficient (Wildman–Crippen LogP) is 2.71. The number of hydrogen-bond acceptors (Lipinski definition) is 4. The molecule has 0 spiro atoms. The summed E-state index contributed by atoms with van der Waals surface area (Å²) >= 11 is 0. The van der Waals surface area contributed by atoms with Crippen LogP contribution in [-0.4, -0.2) is 33.3 Å². The van der Waals surface area contributed by atoms with Crippen LogP contribution in [0.5, 0.6) is 0 Å². The number of likely N-dealkylation sites (tertiary alicyclic amines) is 1. The highest BCUT2D eigenvalue weighted by molar-refractivity contribution is 6.01. The van der Waals surface area contributed by atoms with Gasteiger partial charge in [0.05, 0.1) is 10.9 Å². The fourth-order valence-corrected chi connectivity index (χ4v) is 4.15. The zero-order valence-corrected chi connectivity index (χ0v) is 16.9. The highest BCUT2D eigenvalue weighted by atomic mass is 16.2. The van der Waals surface area contributed by atoms with Crippen LogP contribution in [0.25, 0.3) is 10.9 Å². The second-order valence-electron chi connectivity index (χ2n) is 8.25. The summed E-state index contributed by atoms with van der Waals surface area (Å²) in [6.07, 6.45) is 1.30. The number of likely N-dealkylation sites (N-methyl/N-ethyl adjacent to an activating group) is 1. The molecule has 27 heavy (non-hydrogen) atoms. The maximum absolute atomic E-state index is 13.6. The van der Waals surface area contributed by atoms with Gasteiger partial charge in [-0.15, -0.1) is 0 Å². The highest BCUT2D eigenvalue weighted by Gasteiger charge is 2.45. The molecule has 0 aliphatic carbocycles. The van der Waals surface area contributed by atoms with Crippen LogP contribution in [0.1, 0.15) is 50.6 Å². The van der Waals surface area contributed by atoms with Gasteiger partial charge < -0.3 is 0 Å². The number of benzene rings is 1. The lowest BCUT2D eigenvalue weighted by Gasteiger charge is -2.38. The van der Waals surface area contributed by atoms with Gasteiger partial charge in [0.2, 0.25) is 5.91 Å². The van der Waals surface area contributed by atoms with E-state index in [0.29, 0.717) is 29.1 Å². The Morgan fingerprint density at radius 3 is 2.48 bits per heavy atom. The Morgan fingerprint density at radius 2 is 1.85 bits per heavy atom. The summed E-state index contributed by atoms with van der Waals surface area (Å²) in [5.41, 5.74) is 1.38. The van der Waals surface area contributed by atoms with Crippen molar-refractivity contribution in [3.05, 3.63) is 39.4 Å². The second kappa shape index (κ2) is 6.59. The maximum atomic E-state index is 13.6. The average molecular weight is 369 g/mol. The SMILES string of the molecule is Cc1cc(CC(C)C)c2c(=O)n(C3(C)CCC(=O)N(C)C3=O)c(C)nc2c1. The van der Waals surface area contributed by atoms with Crippen molar-refractivity contribution >= 4 is 22.7 Å². The number of amides is 2. The van der Waals surface area contributed by atoms with E-state index in [0.717, 1.165) is 22.4 Å². The number of carbonyl (C=O) groups excluding carboxylic acids is 2. The zero-order valence-electron chi connectivity index (χ0n) is 16.9. The Morgan fingerprint density at radius 1 is 1.19 bits per heavy atom. The van der Waals surface area contributed by atoms with E-state index >= 15 is 0 Å². The summed E-state index contributed by atoms with van der Waals surface area (Å²) < 4.78 is 1.50. The molecule has 1 aromatic heterocycles. The molecule has 0 bridgehead atoms. The molecule has 1 fully saturated rings. The first-order valence-corrected chi connectivity index (χ1v) is 9.40. The van der Waals surface area contributed by atoms with Gasteiger partial charge in [-0.1, -0.05) is 19.9 Å². The van der Waals surface area contributed by atoms with Crippen LogP contribution in [0.3, 0.4) is 0 Å². The van der Waals surface area contributed by atoms with Crippen LogP contribution >= 0.6 is 0 Å². The van der Waals surface area contributed by atoms with Gasteiger partial charge in [-0.25, -0.2) is 4.98 Å². The third-order valence-electron chi connectivity index (χ3n) is 5.45. The normalized spacial score (nSPS) is 20.8. The van der Waals surface area contributed by atoms with E-state index in [1.165, 1.54) is 11.6 Å². The van der Waals surface area contributed by atoms with Gasteiger partial charge in [-0.3, -0.25) is 23.9 Å². The number of hydrogen-bond donors (Lipinski definition) is 0. The quantitative estimate of drug-likeness (QED) is 0.780. The molecule has 1 aromatic carbocycles. The van der Waals surface area contributed by atoms with Crippen LogP contribution in [0.4, 0.5) is 0 Å². The first-order chi connectivity index (χ1) is 12.6. The Hall–Kier alpha value is -2.50. The number of imide groups is 1. The molecule has 1 atom stereocenters. The number of fused-ring (bicyclic) bond motifs is 1. The van der Waals surface area contributed by atoms with Crippen molar-refractivity contribution in [1.82, 2.24) is 14.5 Å². The lowest BCUT2D eigenvalue weighted by molar-refractivity contribution is -0.154. The summed E-state index contributed by atoms with van der Waals surface area (Å²) in [5.74, 6) is 0.308. The highest BCUT2D eigenvalue weighted by Crippen LogP contribution is 2.31. The molecule has 3 rings (SSSR count). The Labute approximate surface area is 159 Å². The Kier molecular flexibility index (Phi) is 4.70. The van der Waals surface area contributed by atoms with E-state index in [9.17, 15) is 14.4 Å². The van der Waals surface area contributed by atoms with Crippen molar-refractivity contribution in [2.75, 3.05) is 7.05 Å². The van der Waals surface area contributed by atoms with Crippen molar-refractivity contribution in [3.8, 4) is 0 Å². The summed E-state index contributed by atoms with van der Waals surface area (Å²) in [5, 5.41) is 0.577. The van der Waals surface area contributed by atoms with Gasteiger partial charge in [0, 0.05) is 13.5 Å². The molecule has 6 heteroatoms. The van der Waals surface area contributed by atoms with Crippen LogP contribution < -0.4 is 5.56 Å². The number of aryl methyl sites for hydroxylation is 2. The van der Waals surface area contributed by atoms with E-state index in [1.807, 2.05) is 19.1 Å². The minimum Gasteiger partial charge on any atom is -0.284 e. The van der Waals surface area contributed by atoms with Gasteiger partial charge >= 0.3 is 0 Å².